The van der Waals surface area contributed by atoms with Crippen LogP contribution in [0.3, 0.4) is 0 Å². The quantitative estimate of drug-likeness (QED) is 0.762. The molecular weight excluding hydrogens is 182 g/mol. The van der Waals surface area contributed by atoms with Gasteiger partial charge in [-0.1, -0.05) is 0 Å². The van der Waals surface area contributed by atoms with Crippen molar-refractivity contribution in [1.82, 2.24) is 9.97 Å². The third kappa shape index (κ3) is 1.95. The molecule has 0 radical (unpaired) electrons. The summed E-state index contributed by atoms with van der Waals surface area (Å²) in [7, 11) is 0. The topological polar surface area (TPSA) is 63.1 Å². The molecule has 1 heterocycles. The first-order valence-corrected chi connectivity index (χ1v) is 3.37. The summed E-state index contributed by atoms with van der Waals surface area (Å²) in [4.78, 5) is 17.0. The van der Waals surface area contributed by atoms with Crippen LogP contribution in [0.5, 0.6) is 0 Å². The van der Waals surface area contributed by atoms with Gasteiger partial charge in [0.1, 0.15) is 0 Å². The van der Waals surface area contributed by atoms with Crippen LogP contribution < -0.4 is 0 Å². The van der Waals surface area contributed by atoms with Crippen molar-refractivity contribution in [2.24, 2.45) is 0 Å². The smallest absolute Gasteiger partial charge is 0.339 e. The zero-order valence-corrected chi connectivity index (χ0v) is 6.66. The SMILES string of the molecule is Cc1nc(C(F)F)ncc1C(=O)O. The number of nitrogens with zero attached hydrogens (tertiary/aromatic N) is 2. The van der Waals surface area contributed by atoms with E-state index in [4.69, 9.17) is 5.11 Å². The Hall–Kier alpha value is -1.59. The number of carboxylic acids is 1. The molecule has 0 amide bonds. The molecule has 0 aromatic carbocycles. The first-order chi connectivity index (χ1) is 6.02. The summed E-state index contributed by atoms with van der Waals surface area (Å²) in [5.41, 5.74) is -0.123. The Balaban J connectivity index is 3.13. The van der Waals surface area contributed by atoms with Crippen molar-refractivity contribution in [3.63, 3.8) is 0 Å². The molecule has 0 atom stereocenters. The van der Waals surface area contributed by atoms with E-state index in [1.165, 1.54) is 6.92 Å². The van der Waals surface area contributed by atoms with Gasteiger partial charge in [0, 0.05) is 6.20 Å². The van der Waals surface area contributed by atoms with E-state index >= 15 is 0 Å². The van der Waals surface area contributed by atoms with E-state index in [2.05, 4.69) is 9.97 Å². The summed E-state index contributed by atoms with van der Waals surface area (Å²) in [6.45, 7) is 1.34. The number of carboxylic acid groups (broad SMARTS) is 1. The zero-order valence-electron chi connectivity index (χ0n) is 6.66. The summed E-state index contributed by atoms with van der Waals surface area (Å²) in [5, 5.41) is 8.53. The van der Waals surface area contributed by atoms with Gasteiger partial charge in [-0.15, -0.1) is 0 Å². The maximum atomic E-state index is 12.0. The average molecular weight is 188 g/mol. The fourth-order valence-electron chi connectivity index (χ4n) is 0.800. The Bertz CT molecular complexity index is 341. The summed E-state index contributed by atoms with van der Waals surface area (Å²) in [6.07, 6.45) is -1.90. The molecule has 1 N–H and O–H groups in total. The first-order valence-electron chi connectivity index (χ1n) is 3.37. The molecule has 70 valence electrons. The number of hydrogen-bond donors (Lipinski definition) is 1. The molecule has 0 bridgehead atoms. The van der Waals surface area contributed by atoms with Gasteiger partial charge in [-0.25, -0.2) is 23.5 Å². The van der Waals surface area contributed by atoms with Crippen LogP contribution >= 0.6 is 0 Å². The Labute approximate surface area is 72.3 Å². The predicted molar refractivity (Wildman–Crippen MR) is 38.7 cm³/mol. The minimum atomic E-state index is -2.78. The second kappa shape index (κ2) is 3.42. The molecule has 0 spiro atoms. The summed E-state index contributed by atoms with van der Waals surface area (Å²) >= 11 is 0. The molecule has 0 aliphatic rings. The van der Waals surface area contributed by atoms with E-state index in [1.807, 2.05) is 0 Å². The summed E-state index contributed by atoms with van der Waals surface area (Å²) in [6, 6.07) is 0. The van der Waals surface area contributed by atoms with Crippen LogP contribution in [0.1, 0.15) is 28.3 Å². The Kier molecular flexibility index (Phi) is 2.50. The van der Waals surface area contributed by atoms with Crippen molar-refractivity contribution in [2.45, 2.75) is 13.3 Å². The van der Waals surface area contributed by atoms with Gasteiger partial charge in [0.05, 0.1) is 11.3 Å². The molecule has 0 saturated carbocycles. The number of alkyl halides is 2. The van der Waals surface area contributed by atoms with E-state index in [0.29, 0.717) is 0 Å². The number of aryl methyl sites for hydroxylation is 1. The summed E-state index contributed by atoms with van der Waals surface area (Å²) in [5.74, 6) is -1.87. The van der Waals surface area contributed by atoms with E-state index in [0.717, 1.165) is 6.20 Å². The van der Waals surface area contributed by atoms with Crippen molar-refractivity contribution in [1.29, 1.82) is 0 Å². The third-order valence-corrected chi connectivity index (χ3v) is 1.42. The molecule has 6 heteroatoms. The number of rotatable bonds is 2. The highest BCUT2D eigenvalue weighted by Crippen LogP contribution is 2.14. The molecule has 1 aromatic rings. The minimum absolute atomic E-state index is 0.0396. The number of halogens is 2. The minimum Gasteiger partial charge on any atom is -0.478 e. The third-order valence-electron chi connectivity index (χ3n) is 1.42. The van der Waals surface area contributed by atoms with Crippen LogP contribution in [0, 0.1) is 6.92 Å². The predicted octanol–water partition coefficient (Wildman–Crippen LogP) is 1.42. The van der Waals surface area contributed by atoms with E-state index in [9.17, 15) is 13.6 Å². The van der Waals surface area contributed by atoms with Gasteiger partial charge >= 0.3 is 5.97 Å². The van der Waals surface area contributed by atoms with E-state index in [-0.39, 0.29) is 11.3 Å². The van der Waals surface area contributed by atoms with Crippen LogP contribution in [0.15, 0.2) is 6.20 Å². The molecular formula is C7H6F2N2O2. The molecule has 0 aliphatic heterocycles. The Morgan fingerprint density at radius 1 is 1.62 bits per heavy atom. The van der Waals surface area contributed by atoms with Gasteiger partial charge in [0.2, 0.25) is 0 Å². The van der Waals surface area contributed by atoms with Gasteiger partial charge < -0.3 is 5.11 Å². The highest BCUT2D eigenvalue weighted by Gasteiger charge is 2.14. The zero-order chi connectivity index (χ0) is 10.0. The number of aromatic nitrogens is 2. The van der Waals surface area contributed by atoms with Gasteiger partial charge in [-0.3, -0.25) is 0 Å². The average Bonchev–Trinajstić information content (AvgIpc) is 2.03. The highest BCUT2D eigenvalue weighted by atomic mass is 19.3. The van der Waals surface area contributed by atoms with E-state index < -0.39 is 18.2 Å². The fraction of sp³-hybridized carbons (Fsp3) is 0.286. The molecule has 0 saturated heterocycles. The van der Waals surface area contributed by atoms with Gasteiger partial charge in [0.15, 0.2) is 5.82 Å². The van der Waals surface area contributed by atoms with Crippen LogP contribution in [-0.2, 0) is 0 Å². The van der Waals surface area contributed by atoms with Crippen LogP contribution in [0.2, 0.25) is 0 Å². The number of aromatic carboxylic acids is 1. The summed E-state index contributed by atoms with van der Waals surface area (Å²) < 4.78 is 24.0. The number of hydrogen-bond acceptors (Lipinski definition) is 3. The fourth-order valence-corrected chi connectivity index (χ4v) is 0.800. The molecule has 0 aliphatic carbocycles. The Morgan fingerprint density at radius 3 is 2.62 bits per heavy atom. The molecule has 13 heavy (non-hydrogen) atoms. The van der Waals surface area contributed by atoms with E-state index in [1.54, 1.807) is 0 Å². The van der Waals surface area contributed by atoms with Crippen LogP contribution in [-0.4, -0.2) is 21.0 Å². The lowest BCUT2D eigenvalue weighted by Gasteiger charge is -2.01. The monoisotopic (exact) mass is 188 g/mol. The molecule has 0 fully saturated rings. The van der Waals surface area contributed by atoms with Crippen LogP contribution in [0.4, 0.5) is 8.78 Å². The van der Waals surface area contributed by atoms with Crippen LogP contribution in [0.25, 0.3) is 0 Å². The second-order valence-corrected chi connectivity index (χ2v) is 2.33. The molecule has 1 rings (SSSR count). The Morgan fingerprint density at radius 2 is 2.23 bits per heavy atom. The molecule has 0 unspecified atom stereocenters. The van der Waals surface area contributed by atoms with Crippen molar-refractivity contribution >= 4 is 5.97 Å². The maximum absolute atomic E-state index is 12.0. The lowest BCUT2D eigenvalue weighted by molar-refractivity contribution is 0.0693. The van der Waals surface area contributed by atoms with Crippen molar-refractivity contribution in [3.8, 4) is 0 Å². The molecule has 4 nitrogen and oxygen atoms in total. The first kappa shape index (κ1) is 9.50. The number of carbonyl (C=O) groups is 1. The molecule has 1 aromatic heterocycles. The van der Waals surface area contributed by atoms with Gasteiger partial charge in [-0.2, -0.15) is 0 Å². The maximum Gasteiger partial charge on any atom is 0.339 e. The van der Waals surface area contributed by atoms with Gasteiger partial charge in [-0.05, 0) is 6.92 Å². The highest BCUT2D eigenvalue weighted by molar-refractivity contribution is 5.88. The normalized spacial score (nSPS) is 10.5. The lowest BCUT2D eigenvalue weighted by Crippen LogP contribution is -2.06. The largest absolute Gasteiger partial charge is 0.478 e. The van der Waals surface area contributed by atoms with Gasteiger partial charge in [0.25, 0.3) is 6.43 Å². The van der Waals surface area contributed by atoms with Crippen molar-refractivity contribution in [3.05, 3.63) is 23.3 Å². The second-order valence-electron chi connectivity index (χ2n) is 2.33. The lowest BCUT2D eigenvalue weighted by atomic mass is 10.2. The van der Waals surface area contributed by atoms with Crippen molar-refractivity contribution in [2.75, 3.05) is 0 Å². The van der Waals surface area contributed by atoms with Crippen molar-refractivity contribution < 1.29 is 18.7 Å². The standard InChI is InChI=1S/C7H6F2N2O2/c1-3-4(7(12)13)2-10-6(11-3)5(8)9/h2,5H,1H3,(H,12,13).